The van der Waals surface area contributed by atoms with Crippen LogP contribution in [-0.4, -0.2) is 47.7 Å². The lowest BCUT2D eigenvalue weighted by Crippen LogP contribution is -2.47. The Labute approximate surface area is 98.0 Å². The lowest BCUT2D eigenvalue weighted by Gasteiger charge is -2.27. The van der Waals surface area contributed by atoms with Gasteiger partial charge >= 0.3 is 0 Å². The van der Waals surface area contributed by atoms with Gasteiger partial charge in [0.1, 0.15) is 0 Å². The van der Waals surface area contributed by atoms with E-state index in [4.69, 9.17) is 5.11 Å². The van der Waals surface area contributed by atoms with Crippen molar-refractivity contribution in [2.24, 2.45) is 5.92 Å². The zero-order valence-corrected chi connectivity index (χ0v) is 10.6. The first kappa shape index (κ1) is 13.5. The highest BCUT2D eigenvalue weighted by Crippen LogP contribution is 2.28. The minimum Gasteiger partial charge on any atom is -0.395 e. The summed E-state index contributed by atoms with van der Waals surface area (Å²) in [6.07, 6.45) is 2.31. The molecule has 4 nitrogen and oxygen atoms in total. The Balaban J connectivity index is 2.39. The van der Waals surface area contributed by atoms with Crippen LogP contribution >= 0.6 is 0 Å². The molecule has 0 bridgehead atoms. The van der Waals surface area contributed by atoms with Gasteiger partial charge < -0.3 is 10.4 Å². The van der Waals surface area contributed by atoms with Crippen LogP contribution in [0.3, 0.4) is 0 Å². The molecule has 1 saturated carbocycles. The minimum absolute atomic E-state index is 0.0778. The molecule has 0 spiro atoms. The molecule has 0 heterocycles. The number of hydrogen-bond acceptors (Lipinski definition) is 3. The van der Waals surface area contributed by atoms with Gasteiger partial charge in [-0.2, -0.15) is 0 Å². The Bertz CT molecular complexity index is 227. The van der Waals surface area contributed by atoms with Crippen LogP contribution in [-0.2, 0) is 4.79 Å². The van der Waals surface area contributed by atoms with E-state index in [2.05, 4.69) is 24.1 Å². The molecule has 1 aliphatic rings. The fourth-order valence-corrected chi connectivity index (χ4v) is 1.82. The van der Waals surface area contributed by atoms with Crippen molar-refractivity contribution < 1.29 is 9.90 Å². The van der Waals surface area contributed by atoms with Crippen molar-refractivity contribution in [2.75, 3.05) is 19.7 Å². The van der Waals surface area contributed by atoms with Gasteiger partial charge in [-0.1, -0.05) is 13.8 Å². The van der Waals surface area contributed by atoms with Gasteiger partial charge in [0.2, 0.25) is 5.91 Å². The van der Waals surface area contributed by atoms with Gasteiger partial charge in [0.05, 0.1) is 12.6 Å². The number of rotatable bonds is 7. The van der Waals surface area contributed by atoms with Crippen LogP contribution in [0.1, 0.15) is 33.6 Å². The second-order valence-corrected chi connectivity index (χ2v) is 5.01. The highest BCUT2D eigenvalue weighted by atomic mass is 16.3. The number of carbonyl (C=O) groups excluding carboxylic acids is 1. The van der Waals surface area contributed by atoms with E-state index in [1.807, 2.05) is 6.92 Å². The van der Waals surface area contributed by atoms with Crippen LogP contribution < -0.4 is 5.32 Å². The van der Waals surface area contributed by atoms with Crippen LogP contribution in [0.2, 0.25) is 0 Å². The molecule has 0 aliphatic heterocycles. The standard InChI is InChI=1S/C12H24N2O2/c1-9(2)8-13-12(16)10(3)14(6-7-15)11-4-5-11/h9-11,15H,4-8H2,1-3H3,(H,13,16). The van der Waals surface area contributed by atoms with Crippen LogP contribution in [0.5, 0.6) is 0 Å². The molecule has 94 valence electrons. The van der Waals surface area contributed by atoms with Crippen molar-refractivity contribution >= 4 is 5.91 Å². The van der Waals surface area contributed by atoms with Crippen molar-refractivity contribution in [1.82, 2.24) is 10.2 Å². The summed E-state index contributed by atoms with van der Waals surface area (Å²) in [5, 5.41) is 11.9. The van der Waals surface area contributed by atoms with E-state index >= 15 is 0 Å². The molecule has 2 N–H and O–H groups in total. The van der Waals surface area contributed by atoms with Crippen molar-refractivity contribution in [3.63, 3.8) is 0 Å². The van der Waals surface area contributed by atoms with E-state index in [0.717, 1.165) is 19.4 Å². The molecule has 0 aromatic heterocycles. The van der Waals surface area contributed by atoms with Crippen LogP contribution in [0.25, 0.3) is 0 Å². The van der Waals surface area contributed by atoms with Gasteiger partial charge in [0.15, 0.2) is 0 Å². The summed E-state index contributed by atoms with van der Waals surface area (Å²) in [5.74, 6) is 0.553. The molecule has 16 heavy (non-hydrogen) atoms. The molecule has 1 atom stereocenters. The Hall–Kier alpha value is -0.610. The fraction of sp³-hybridized carbons (Fsp3) is 0.917. The number of nitrogens with zero attached hydrogens (tertiary/aromatic N) is 1. The van der Waals surface area contributed by atoms with E-state index in [0.29, 0.717) is 18.5 Å². The summed E-state index contributed by atoms with van der Waals surface area (Å²) >= 11 is 0. The number of carbonyl (C=O) groups is 1. The van der Waals surface area contributed by atoms with Crippen molar-refractivity contribution in [2.45, 2.75) is 45.7 Å². The van der Waals surface area contributed by atoms with Crippen LogP contribution in [0.4, 0.5) is 0 Å². The summed E-state index contributed by atoms with van der Waals surface area (Å²) in [5.41, 5.74) is 0. The SMILES string of the molecule is CC(C)CNC(=O)C(C)N(CCO)C1CC1. The predicted octanol–water partition coefficient (Wildman–Crippen LogP) is 0.604. The zero-order chi connectivity index (χ0) is 12.1. The number of hydrogen-bond donors (Lipinski definition) is 2. The average Bonchev–Trinajstić information content (AvgIpc) is 3.05. The summed E-state index contributed by atoms with van der Waals surface area (Å²) in [6, 6.07) is 0.380. The maximum Gasteiger partial charge on any atom is 0.237 e. The number of aliphatic hydroxyl groups excluding tert-OH is 1. The van der Waals surface area contributed by atoms with Gasteiger partial charge in [-0.25, -0.2) is 0 Å². The molecule has 1 rings (SSSR count). The maximum absolute atomic E-state index is 11.9. The largest absolute Gasteiger partial charge is 0.395 e. The summed E-state index contributed by atoms with van der Waals surface area (Å²) < 4.78 is 0. The van der Waals surface area contributed by atoms with Gasteiger partial charge in [-0.05, 0) is 25.7 Å². The lowest BCUT2D eigenvalue weighted by atomic mass is 10.2. The van der Waals surface area contributed by atoms with E-state index in [9.17, 15) is 4.79 Å². The Morgan fingerprint density at radius 1 is 1.44 bits per heavy atom. The van der Waals surface area contributed by atoms with Crippen molar-refractivity contribution in [3.05, 3.63) is 0 Å². The molecule has 1 fully saturated rings. The van der Waals surface area contributed by atoms with Crippen LogP contribution in [0, 0.1) is 5.92 Å². The van der Waals surface area contributed by atoms with E-state index < -0.39 is 0 Å². The molecular weight excluding hydrogens is 204 g/mol. The topological polar surface area (TPSA) is 52.6 Å². The van der Waals surface area contributed by atoms with Crippen molar-refractivity contribution in [1.29, 1.82) is 0 Å². The lowest BCUT2D eigenvalue weighted by molar-refractivity contribution is -0.126. The van der Waals surface area contributed by atoms with Crippen LogP contribution in [0.15, 0.2) is 0 Å². The molecule has 1 amide bonds. The van der Waals surface area contributed by atoms with E-state index in [1.165, 1.54) is 0 Å². The first-order valence-corrected chi connectivity index (χ1v) is 6.20. The molecule has 0 saturated heterocycles. The third-order valence-electron chi connectivity index (χ3n) is 2.94. The second kappa shape index (κ2) is 6.21. The minimum atomic E-state index is -0.126. The van der Waals surface area contributed by atoms with Gasteiger partial charge in [-0.15, -0.1) is 0 Å². The average molecular weight is 228 g/mol. The zero-order valence-electron chi connectivity index (χ0n) is 10.6. The molecule has 1 aliphatic carbocycles. The number of aliphatic hydroxyl groups is 1. The quantitative estimate of drug-likeness (QED) is 0.671. The Morgan fingerprint density at radius 3 is 2.50 bits per heavy atom. The maximum atomic E-state index is 11.9. The fourth-order valence-electron chi connectivity index (χ4n) is 1.82. The molecule has 0 aromatic carbocycles. The normalized spacial score (nSPS) is 17.9. The third kappa shape index (κ3) is 4.10. The molecule has 4 heteroatoms. The van der Waals surface area contributed by atoms with Gasteiger partial charge in [-0.3, -0.25) is 9.69 Å². The van der Waals surface area contributed by atoms with Gasteiger partial charge in [0.25, 0.3) is 0 Å². The Kier molecular flexibility index (Phi) is 5.22. The first-order valence-electron chi connectivity index (χ1n) is 6.20. The predicted molar refractivity (Wildman–Crippen MR) is 64.1 cm³/mol. The van der Waals surface area contributed by atoms with Gasteiger partial charge in [0, 0.05) is 19.1 Å². The molecular formula is C12H24N2O2. The Morgan fingerprint density at radius 2 is 2.06 bits per heavy atom. The first-order chi connectivity index (χ1) is 7.56. The number of amides is 1. The third-order valence-corrected chi connectivity index (χ3v) is 2.94. The second-order valence-electron chi connectivity index (χ2n) is 5.01. The summed E-state index contributed by atoms with van der Waals surface area (Å²) in [4.78, 5) is 14.0. The summed E-state index contributed by atoms with van der Waals surface area (Å²) in [7, 11) is 0. The molecule has 0 radical (unpaired) electrons. The van der Waals surface area contributed by atoms with Crippen molar-refractivity contribution in [3.8, 4) is 0 Å². The summed E-state index contributed by atoms with van der Waals surface area (Å²) in [6.45, 7) is 7.53. The van der Waals surface area contributed by atoms with E-state index in [-0.39, 0.29) is 18.6 Å². The number of nitrogens with one attached hydrogen (secondary N) is 1. The monoisotopic (exact) mass is 228 g/mol. The highest BCUT2D eigenvalue weighted by Gasteiger charge is 2.34. The molecule has 1 unspecified atom stereocenters. The molecule has 0 aromatic rings. The smallest absolute Gasteiger partial charge is 0.237 e. The highest BCUT2D eigenvalue weighted by molar-refractivity contribution is 5.81. The van der Waals surface area contributed by atoms with E-state index in [1.54, 1.807) is 0 Å².